The zero-order chi connectivity index (χ0) is 22.4. The Kier molecular flexibility index (Phi) is 7.74. The van der Waals surface area contributed by atoms with Crippen LogP contribution in [0.4, 0.5) is 9.18 Å². The Morgan fingerprint density at radius 1 is 1.19 bits per heavy atom. The number of fused-ring (bicyclic) bond motifs is 1. The number of carbonyl (C=O) groups excluding carboxylic acids is 1. The lowest BCUT2D eigenvalue weighted by atomic mass is 9.87. The molecule has 1 aliphatic rings. The number of hydrogen-bond acceptors (Lipinski definition) is 4. The molecular formula is C24H32FN3O3. The van der Waals surface area contributed by atoms with Crippen LogP contribution in [0.1, 0.15) is 43.0 Å². The van der Waals surface area contributed by atoms with Gasteiger partial charge in [0.25, 0.3) is 0 Å². The van der Waals surface area contributed by atoms with E-state index in [1.807, 2.05) is 38.1 Å². The molecule has 2 amide bonds. The van der Waals surface area contributed by atoms with E-state index in [2.05, 4.69) is 15.5 Å². The van der Waals surface area contributed by atoms with Gasteiger partial charge in [0.05, 0.1) is 20.3 Å². The van der Waals surface area contributed by atoms with E-state index in [1.165, 1.54) is 17.7 Å². The predicted octanol–water partition coefficient (Wildman–Crippen LogP) is 4.04. The molecular weight excluding hydrogens is 397 g/mol. The van der Waals surface area contributed by atoms with Gasteiger partial charge in [-0.15, -0.1) is 0 Å². The Balaban J connectivity index is 1.93. The Morgan fingerprint density at radius 2 is 1.87 bits per heavy atom. The average molecular weight is 430 g/mol. The molecule has 2 aromatic rings. The van der Waals surface area contributed by atoms with Gasteiger partial charge >= 0.3 is 6.03 Å². The minimum absolute atomic E-state index is 0.0685. The zero-order valence-corrected chi connectivity index (χ0v) is 18.7. The van der Waals surface area contributed by atoms with Crippen LogP contribution in [-0.4, -0.2) is 44.3 Å². The number of carbonyl (C=O) groups is 1. The molecule has 1 heterocycles. The van der Waals surface area contributed by atoms with Gasteiger partial charge < -0.3 is 20.1 Å². The summed E-state index contributed by atoms with van der Waals surface area (Å²) in [6.07, 6.45) is 1.73. The van der Waals surface area contributed by atoms with Gasteiger partial charge in [-0.3, -0.25) is 4.90 Å². The van der Waals surface area contributed by atoms with E-state index in [0.717, 1.165) is 30.5 Å². The van der Waals surface area contributed by atoms with E-state index in [1.54, 1.807) is 14.2 Å². The standard InChI is InChI=1S/C24H32FN3O3/c1-5-11-26-24(29)27-16(2)23-20-14-22(31-4)21(30-3)13-18(20)10-12-28(23)15-17-6-8-19(25)9-7-17/h6-9,13-14,16,23H,5,10-12,15H2,1-4H3,(H2,26,27,29)/t16-,23+/m0/s1. The fourth-order valence-electron chi connectivity index (χ4n) is 4.19. The van der Waals surface area contributed by atoms with E-state index in [0.29, 0.717) is 24.6 Å². The van der Waals surface area contributed by atoms with Gasteiger partial charge in [-0.1, -0.05) is 19.1 Å². The van der Waals surface area contributed by atoms with Crippen molar-refractivity contribution >= 4 is 6.03 Å². The number of hydrogen-bond donors (Lipinski definition) is 2. The predicted molar refractivity (Wildman–Crippen MR) is 119 cm³/mol. The van der Waals surface area contributed by atoms with E-state index >= 15 is 0 Å². The number of halogens is 1. The largest absolute Gasteiger partial charge is 0.493 e. The Hall–Kier alpha value is -2.80. The summed E-state index contributed by atoms with van der Waals surface area (Å²) in [6, 6.07) is 10.2. The first-order chi connectivity index (χ1) is 15.0. The quantitative estimate of drug-likeness (QED) is 0.665. The fourth-order valence-corrected chi connectivity index (χ4v) is 4.19. The molecule has 3 rings (SSSR count). The lowest BCUT2D eigenvalue weighted by Gasteiger charge is -2.41. The highest BCUT2D eigenvalue weighted by atomic mass is 19.1. The number of rotatable bonds is 8. The number of nitrogens with one attached hydrogen (secondary N) is 2. The van der Waals surface area contributed by atoms with Gasteiger partial charge in [-0.2, -0.15) is 0 Å². The van der Waals surface area contributed by atoms with Gasteiger partial charge in [0.1, 0.15) is 5.82 Å². The molecule has 7 heteroatoms. The van der Waals surface area contributed by atoms with Crippen LogP contribution in [0.5, 0.6) is 11.5 Å². The molecule has 0 radical (unpaired) electrons. The van der Waals surface area contributed by atoms with E-state index in [-0.39, 0.29) is 23.9 Å². The maximum atomic E-state index is 13.4. The highest BCUT2D eigenvalue weighted by molar-refractivity contribution is 5.74. The summed E-state index contributed by atoms with van der Waals surface area (Å²) in [6.45, 7) is 6.13. The van der Waals surface area contributed by atoms with Crippen molar-refractivity contribution in [3.63, 3.8) is 0 Å². The second kappa shape index (κ2) is 10.5. The third kappa shape index (κ3) is 5.47. The summed E-state index contributed by atoms with van der Waals surface area (Å²) < 4.78 is 24.4. The van der Waals surface area contributed by atoms with Crippen molar-refractivity contribution in [3.05, 3.63) is 58.9 Å². The van der Waals surface area contributed by atoms with E-state index < -0.39 is 0 Å². The van der Waals surface area contributed by atoms with Crippen molar-refractivity contribution < 1.29 is 18.7 Å². The van der Waals surface area contributed by atoms with Gasteiger partial charge in [-0.05, 0) is 60.7 Å². The number of amides is 2. The van der Waals surface area contributed by atoms with E-state index in [4.69, 9.17) is 9.47 Å². The van der Waals surface area contributed by atoms with Gasteiger partial charge in [-0.25, -0.2) is 9.18 Å². The van der Waals surface area contributed by atoms with Crippen LogP contribution in [0.2, 0.25) is 0 Å². The summed E-state index contributed by atoms with van der Waals surface area (Å²) in [5.41, 5.74) is 3.31. The van der Waals surface area contributed by atoms with Crippen molar-refractivity contribution in [2.75, 3.05) is 27.3 Å². The molecule has 168 valence electrons. The highest BCUT2D eigenvalue weighted by Gasteiger charge is 2.33. The molecule has 0 saturated carbocycles. The first-order valence-corrected chi connectivity index (χ1v) is 10.7. The van der Waals surface area contributed by atoms with Crippen LogP contribution in [0.15, 0.2) is 36.4 Å². The second-order valence-corrected chi connectivity index (χ2v) is 7.89. The van der Waals surface area contributed by atoms with E-state index in [9.17, 15) is 9.18 Å². The van der Waals surface area contributed by atoms with Gasteiger partial charge in [0.15, 0.2) is 11.5 Å². The zero-order valence-electron chi connectivity index (χ0n) is 18.7. The fraction of sp³-hybridized carbons (Fsp3) is 0.458. The first kappa shape index (κ1) is 22.9. The highest BCUT2D eigenvalue weighted by Crippen LogP contribution is 2.40. The second-order valence-electron chi connectivity index (χ2n) is 7.89. The molecule has 0 fully saturated rings. The molecule has 0 saturated heterocycles. The molecule has 0 spiro atoms. The lowest BCUT2D eigenvalue weighted by molar-refractivity contribution is 0.143. The number of nitrogens with zero attached hydrogens (tertiary/aromatic N) is 1. The van der Waals surface area contributed by atoms with Crippen molar-refractivity contribution in [1.82, 2.24) is 15.5 Å². The molecule has 2 atom stereocenters. The molecule has 2 N–H and O–H groups in total. The van der Waals surface area contributed by atoms with Crippen molar-refractivity contribution in [1.29, 1.82) is 0 Å². The molecule has 0 unspecified atom stereocenters. The summed E-state index contributed by atoms with van der Waals surface area (Å²) >= 11 is 0. The number of urea groups is 1. The maximum Gasteiger partial charge on any atom is 0.315 e. The Bertz CT molecular complexity index is 888. The molecule has 0 bridgehead atoms. The van der Waals surface area contributed by atoms with Crippen molar-refractivity contribution in [2.24, 2.45) is 0 Å². The van der Waals surface area contributed by atoms with Crippen LogP contribution in [-0.2, 0) is 13.0 Å². The number of methoxy groups -OCH3 is 2. The maximum absolute atomic E-state index is 13.4. The summed E-state index contributed by atoms with van der Waals surface area (Å²) in [5.74, 6) is 1.12. The van der Waals surface area contributed by atoms with Crippen LogP contribution in [0.25, 0.3) is 0 Å². The molecule has 2 aromatic carbocycles. The summed E-state index contributed by atoms with van der Waals surface area (Å²) in [5, 5.41) is 5.98. The van der Waals surface area contributed by atoms with Crippen LogP contribution < -0.4 is 20.1 Å². The third-order valence-electron chi connectivity index (χ3n) is 5.69. The molecule has 6 nitrogen and oxygen atoms in total. The number of ether oxygens (including phenoxy) is 2. The van der Waals surface area contributed by atoms with Crippen LogP contribution >= 0.6 is 0 Å². The average Bonchev–Trinajstić information content (AvgIpc) is 2.77. The summed E-state index contributed by atoms with van der Waals surface area (Å²) in [7, 11) is 3.26. The van der Waals surface area contributed by atoms with Crippen LogP contribution in [0.3, 0.4) is 0 Å². The number of benzene rings is 2. The monoisotopic (exact) mass is 429 g/mol. The Labute approximate surface area is 183 Å². The summed E-state index contributed by atoms with van der Waals surface area (Å²) in [4.78, 5) is 14.7. The minimum Gasteiger partial charge on any atom is -0.493 e. The molecule has 31 heavy (non-hydrogen) atoms. The molecule has 1 aliphatic heterocycles. The first-order valence-electron chi connectivity index (χ1n) is 10.7. The smallest absolute Gasteiger partial charge is 0.315 e. The lowest BCUT2D eigenvalue weighted by Crippen LogP contribution is -2.49. The van der Waals surface area contributed by atoms with Crippen LogP contribution in [0, 0.1) is 5.82 Å². The minimum atomic E-state index is -0.247. The normalized spacial score (nSPS) is 16.9. The third-order valence-corrected chi connectivity index (χ3v) is 5.69. The van der Waals surface area contributed by atoms with Gasteiger partial charge in [0.2, 0.25) is 0 Å². The van der Waals surface area contributed by atoms with Crippen molar-refractivity contribution in [2.45, 2.75) is 45.3 Å². The Morgan fingerprint density at radius 3 is 2.52 bits per heavy atom. The SMILES string of the molecule is CCCNC(=O)N[C@@H](C)[C@@H]1c2cc(OC)c(OC)cc2CCN1Cc1ccc(F)cc1. The van der Waals surface area contributed by atoms with Crippen molar-refractivity contribution in [3.8, 4) is 11.5 Å². The van der Waals surface area contributed by atoms with Gasteiger partial charge in [0, 0.05) is 25.7 Å². The molecule has 0 aliphatic carbocycles. The molecule has 0 aromatic heterocycles. The topological polar surface area (TPSA) is 62.8 Å².